The molecule has 0 saturated heterocycles. The standard InChI is InChI=1S/C9H14Br2O2/c1-3-4-5-6-7(10)8(11)9(12)13-2/h3-6H2,1-2H3/b8-7+. The van der Waals surface area contributed by atoms with Gasteiger partial charge in [-0.2, -0.15) is 0 Å². The zero-order chi connectivity index (χ0) is 10.3. The van der Waals surface area contributed by atoms with E-state index in [0.717, 1.165) is 17.3 Å². The van der Waals surface area contributed by atoms with Crippen molar-refractivity contribution in [1.82, 2.24) is 0 Å². The van der Waals surface area contributed by atoms with E-state index < -0.39 is 0 Å². The number of allylic oxidation sites excluding steroid dienone is 1. The normalized spacial score (nSPS) is 12.3. The van der Waals surface area contributed by atoms with Crippen LogP contribution in [0.4, 0.5) is 0 Å². The Kier molecular flexibility index (Phi) is 7.66. The van der Waals surface area contributed by atoms with Crippen LogP contribution in [0.1, 0.15) is 32.6 Å². The number of halogens is 2. The Balaban J connectivity index is 4.03. The van der Waals surface area contributed by atoms with Gasteiger partial charge in [-0.3, -0.25) is 0 Å². The molecular weight excluding hydrogens is 300 g/mol. The molecule has 0 aliphatic heterocycles. The first kappa shape index (κ1) is 13.2. The van der Waals surface area contributed by atoms with Crippen LogP contribution in [0.25, 0.3) is 0 Å². The number of methoxy groups -OCH3 is 1. The number of carbonyl (C=O) groups excluding carboxylic acids is 1. The molecule has 0 saturated carbocycles. The molecule has 0 amide bonds. The third kappa shape index (κ3) is 5.47. The molecule has 0 unspecified atom stereocenters. The number of carbonyl (C=O) groups is 1. The van der Waals surface area contributed by atoms with Crippen LogP contribution < -0.4 is 0 Å². The average molecular weight is 314 g/mol. The second-order valence-electron chi connectivity index (χ2n) is 2.67. The number of esters is 1. The summed E-state index contributed by atoms with van der Waals surface area (Å²) in [6.07, 6.45) is 4.32. The van der Waals surface area contributed by atoms with Gasteiger partial charge in [0.05, 0.1) is 7.11 Å². The highest BCUT2D eigenvalue weighted by molar-refractivity contribution is 9.14. The van der Waals surface area contributed by atoms with Gasteiger partial charge in [0.1, 0.15) is 4.48 Å². The molecule has 0 radical (unpaired) electrons. The molecule has 0 aromatic heterocycles. The summed E-state index contributed by atoms with van der Waals surface area (Å²) in [5, 5.41) is 0. The number of hydrogen-bond acceptors (Lipinski definition) is 2. The van der Waals surface area contributed by atoms with E-state index in [-0.39, 0.29) is 5.97 Å². The van der Waals surface area contributed by atoms with Crippen LogP contribution in [0.3, 0.4) is 0 Å². The fourth-order valence-electron chi connectivity index (χ4n) is 0.840. The Labute approximate surface area is 96.0 Å². The molecule has 0 fully saturated rings. The lowest BCUT2D eigenvalue weighted by molar-refractivity contribution is -0.135. The molecule has 0 aromatic rings. The summed E-state index contributed by atoms with van der Waals surface area (Å²) in [6, 6.07) is 0. The van der Waals surface area contributed by atoms with E-state index in [0.29, 0.717) is 4.48 Å². The van der Waals surface area contributed by atoms with Gasteiger partial charge >= 0.3 is 5.97 Å². The van der Waals surface area contributed by atoms with E-state index in [1.807, 2.05) is 0 Å². The number of rotatable bonds is 5. The molecule has 0 atom stereocenters. The third-order valence-electron chi connectivity index (χ3n) is 1.60. The van der Waals surface area contributed by atoms with Gasteiger partial charge in [-0.15, -0.1) is 0 Å². The first-order chi connectivity index (χ1) is 6.13. The smallest absolute Gasteiger partial charge is 0.345 e. The van der Waals surface area contributed by atoms with Crippen molar-refractivity contribution >= 4 is 37.8 Å². The van der Waals surface area contributed by atoms with Crippen molar-refractivity contribution in [3.05, 3.63) is 8.96 Å². The van der Waals surface area contributed by atoms with Gasteiger partial charge in [0.2, 0.25) is 0 Å². The topological polar surface area (TPSA) is 26.3 Å². The zero-order valence-electron chi connectivity index (χ0n) is 7.90. The van der Waals surface area contributed by atoms with Crippen molar-refractivity contribution in [2.75, 3.05) is 7.11 Å². The summed E-state index contributed by atoms with van der Waals surface area (Å²) in [6.45, 7) is 2.15. The predicted octanol–water partition coefficient (Wildman–Crippen LogP) is 3.74. The van der Waals surface area contributed by atoms with Crippen molar-refractivity contribution in [2.45, 2.75) is 32.6 Å². The highest BCUT2D eigenvalue weighted by atomic mass is 79.9. The molecule has 0 aliphatic carbocycles. The summed E-state index contributed by atoms with van der Waals surface area (Å²) in [5.74, 6) is -0.330. The predicted molar refractivity (Wildman–Crippen MR) is 61.0 cm³/mol. The Hall–Kier alpha value is 0.170. The Morgan fingerprint density at radius 2 is 1.92 bits per heavy atom. The lowest BCUT2D eigenvalue weighted by atomic mass is 10.2. The van der Waals surface area contributed by atoms with Crippen molar-refractivity contribution in [1.29, 1.82) is 0 Å². The molecule has 2 nitrogen and oxygen atoms in total. The van der Waals surface area contributed by atoms with E-state index in [1.54, 1.807) is 0 Å². The van der Waals surface area contributed by atoms with Gasteiger partial charge in [-0.25, -0.2) is 4.79 Å². The average Bonchev–Trinajstić information content (AvgIpc) is 2.15. The van der Waals surface area contributed by atoms with Crippen LogP contribution in [0.5, 0.6) is 0 Å². The van der Waals surface area contributed by atoms with Crippen molar-refractivity contribution in [3.63, 3.8) is 0 Å². The zero-order valence-corrected chi connectivity index (χ0v) is 11.1. The van der Waals surface area contributed by atoms with Gasteiger partial charge in [0, 0.05) is 4.48 Å². The minimum atomic E-state index is -0.330. The minimum Gasteiger partial charge on any atom is -0.465 e. The minimum absolute atomic E-state index is 0.330. The largest absolute Gasteiger partial charge is 0.465 e. The van der Waals surface area contributed by atoms with Crippen molar-refractivity contribution in [2.24, 2.45) is 0 Å². The van der Waals surface area contributed by atoms with Crippen LogP contribution in [0, 0.1) is 0 Å². The van der Waals surface area contributed by atoms with Crippen molar-refractivity contribution < 1.29 is 9.53 Å². The SMILES string of the molecule is CCCCC/C(Br)=C(\Br)C(=O)OC. The fraction of sp³-hybridized carbons (Fsp3) is 0.667. The summed E-state index contributed by atoms with van der Waals surface area (Å²) in [4.78, 5) is 11.0. The van der Waals surface area contributed by atoms with E-state index in [2.05, 4.69) is 43.5 Å². The van der Waals surface area contributed by atoms with Crippen LogP contribution in [-0.2, 0) is 9.53 Å². The molecule has 76 valence electrons. The summed E-state index contributed by atoms with van der Waals surface area (Å²) in [5.41, 5.74) is 0. The Bertz CT molecular complexity index is 200. The molecule has 0 aliphatic rings. The van der Waals surface area contributed by atoms with E-state index in [9.17, 15) is 4.79 Å². The van der Waals surface area contributed by atoms with Crippen molar-refractivity contribution in [3.8, 4) is 0 Å². The summed E-state index contributed by atoms with van der Waals surface area (Å²) >= 11 is 6.53. The van der Waals surface area contributed by atoms with Gasteiger partial charge in [-0.1, -0.05) is 35.7 Å². The first-order valence-corrected chi connectivity index (χ1v) is 5.84. The summed E-state index contributed by atoms with van der Waals surface area (Å²) < 4.78 is 5.94. The van der Waals surface area contributed by atoms with E-state index in [4.69, 9.17) is 0 Å². The molecule has 13 heavy (non-hydrogen) atoms. The maximum absolute atomic E-state index is 11.0. The Morgan fingerprint density at radius 1 is 1.31 bits per heavy atom. The molecule has 4 heteroatoms. The molecule has 0 N–H and O–H groups in total. The molecule has 0 rings (SSSR count). The molecule has 0 heterocycles. The van der Waals surface area contributed by atoms with Crippen LogP contribution in [0.2, 0.25) is 0 Å². The van der Waals surface area contributed by atoms with Crippen LogP contribution >= 0.6 is 31.9 Å². The third-order valence-corrected chi connectivity index (χ3v) is 3.73. The molecule has 0 spiro atoms. The number of hydrogen-bond donors (Lipinski definition) is 0. The lowest BCUT2D eigenvalue weighted by Crippen LogP contribution is -2.00. The first-order valence-electron chi connectivity index (χ1n) is 4.26. The van der Waals surface area contributed by atoms with Gasteiger partial charge < -0.3 is 4.74 Å². The maximum Gasteiger partial charge on any atom is 0.345 e. The number of ether oxygens (including phenoxy) is 1. The van der Waals surface area contributed by atoms with E-state index in [1.165, 1.54) is 20.0 Å². The van der Waals surface area contributed by atoms with Crippen LogP contribution in [0.15, 0.2) is 8.96 Å². The molecule has 0 bridgehead atoms. The Morgan fingerprint density at radius 3 is 2.38 bits per heavy atom. The lowest BCUT2D eigenvalue weighted by Gasteiger charge is -2.02. The quantitative estimate of drug-likeness (QED) is 0.439. The monoisotopic (exact) mass is 312 g/mol. The fourth-order valence-corrected chi connectivity index (χ4v) is 1.64. The maximum atomic E-state index is 11.0. The second-order valence-corrected chi connectivity index (χ2v) is 4.42. The van der Waals surface area contributed by atoms with Gasteiger partial charge in [0.25, 0.3) is 0 Å². The van der Waals surface area contributed by atoms with E-state index >= 15 is 0 Å². The molecule has 0 aromatic carbocycles. The van der Waals surface area contributed by atoms with Gasteiger partial charge in [0.15, 0.2) is 0 Å². The van der Waals surface area contributed by atoms with Gasteiger partial charge in [-0.05, 0) is 28.8 Å². The highest BCUT2D eigenvalue weighted by Gasteiger charge is 2.10. The number of unbranched alkanes of at least 4 members (excludes halogenated alkanes) is 2. The highest BCUT2D eigenvalue weighted by Crippen LogP contribution is 2.24. The van der Waals surface area contributed by atoms with Crippen LogP contribution in [-0.4, -0.2) is 13.1 Å². The second kappa shape index (κ2) is 7.56. The molecular formula is C9H14Br2O2. The summed E-state index contributed by atoms with van der Waals surface area (Å²) in [7, 11) is 1.37.